The van der Waals surface area contributed by atoms with Crippen molar-refractivity contribution in [2.24, 2.45) is 0 Å². The molecular formula is C18H23N3. The first-order valence-corrected chi connectivity index (χ1v) is 7.91. The summed E-state index contributed by atoms with van der Waals surface area (Å²) in [6.45, 7) is 6.11. The van der Waals surface area contributed by atoms with E-state index in [2.05, 4.69) is 49.5 Å². The fourth-order valence-electron chi connectivity index (χ4n) is 3.12. The van der Waals surface area contributed by atoms with Crippen LogP contribution in [0, 0.1) is 6.92 Å². The van der Waals surface area contributed by atoms with E-state index in [1.807, 2.05) is 0 Å². The van der Waals surface area contributed by atoms with Crippen LogP contribution in [0.4, 0.5) is 0 Å². The summed E-state index contributed by atoms with van der Waals surface area (Å²) in [4.78, 5) is 9.52. The van der Waals surface area contributed by atoms with Gasteiger partial charge in [0.15, 0.2) is 0 Å². The minimum atomic E-state index is 0.367. The molecule has 1 heterocycles. The van der Waals surface area contributed by atoms with Crippen molar-refractivity contribution in [3.63, 3.8) is 0 Å². The van der Waals surface area contributed by atoms with Crippen molar-refractivity contribution in [2.45, 2.75) is 45.6 Å². The Labute approximate surface area is 126 Å². The molecule has 21 heavy (non-hydrogen) atoms. The van der Waals surface area contributed by atoms with Crippen molar-refractivity contribution in [1.29, 1.82) is 0 Å². The van der Waals surface area contributed by atoms with Gasteiger partial charge >= 0.3 is 0 Å². The summed E-state index contributed by atoms with van der Waals surface area (Å²) >= 11 is 0. The van der Waals surface area contributed by atoms with Gasteiger partial charge in [-0.2, -0.15) is 0 Å². The molecule has 0 bridgehead atoms. The van der Waals surface area contributed by atoms with E-state index in [1.54, 1.807) is 0 Å². The maximum absolute atomic E-state index is 4.81. The standard InChI is InChI=1S/C18H23N3/c1-3-10-19-12-15-11-13(2)20-18(21-15)17-9-8-14-6-4-5-7-16(14)17/h4-7,11,17,19H,3,8-10,12H2,1-2H3. The van der Waals surface area contributed by atoms with Crippen LogP contribution in [0.3, 0.4) is 0 Å². The topological polar surface area (TPSA) is 37.8 Å². The molecule has 3 heteroatoms. The van der Waals surface area contributed by atoms with Crippen molar-refractivity contribution in [3.05, 3.63) is 58.7 Å². The monoisotopic (exact) mass is 281 g/mol. The van der Waals surface area contributed by atoms with Gasteiger partial charge in [-0.3, -0.25) is 0 Å². The van der Waals surface area contributed by atoms with Gasteiger partial charge in [0.25, 0.3) is 0 Å². The molecule has 0 aliphatic heterocycles. The van der Waals surface area contributed by atoms with Crippen LogP contribution in [0.1, 0.15) is 54.0 Å². The molecule has 0 amide bonds. The number of nitrogens with zero attached hydrogens (tertiary/aromatic N) is 2. The average Bonchev–Trinajstić information content (AvgIpc) is 2.91. The summed E-state index contributed by atoms with van der Waals surface area (Å²) in [5, 5.41) is 3.43. The largest absolute Gasteiger partial charge is 0.311 e. The Morgan fingerprint density at radius 1 is 1.24 bits per heavy atom. The highest BCUT2D eigenvalue weighted by molar-refractivity contribution is 5.38. The van der Waals surface area contributed by atoms with Gasteiger partial charge in [-0.05, 0) is 49.9 Å². The van der Waals surface area contributed by atoms with Crippen molar-refractivity contribution in [1.82, 2.24) is 15.3 Å². The number of rotatable bonds is 5. The zero-order valence-corrected chi connectivity index (χ0v) is 12.9. The maximum Gasteiger partial charge on any atom is 0.136 e. The lowest BCUT2D eigenvalue weighted by Crippen LogP contribution is -2.16. The zero-order valence-electron chi connectivity index (χ0n) is 12.9. The molecule has 1 atom stereocenters. The Bertz CT molecular complexity index is 622. The Hall–Kier alpha value is -1.74. The number of hydrogen-bond acceptors (Lipinski definition) is 3. The number of nitrogens with one attached hydrogen (secondary N) is 1. The minimum Gasteiger partial charge on any atom is -0.311 e. The summed E-state index contributed by atoms with van der Waals surface area (Å²) in [6.07, 6.45) is 3.42. The predicted molar refractivity (Wildman–Crippen MR) is 85.4 cm³/mol. The highest BCUT2D eigenvalue weighted by Gasteiger charge is 2.26. The van der Waals surface area contributed by atoms with Crippen LogP contribution in [-0.4, -0.2) is 16.5 Å². The maximum atomic E-state index is 4.81. The number of fused-ring (bicyclic) bond motifs is 1. The van der Waals surface area contributed by atoms with Crippen LogP contribution in [0.15, 0.2) is 30.3 Å². The van der Waals surface area contributed by atoms with Gasteiger partial charge in [0.1, 0.15) is 5.82 Å². The van der Waals surface area contributed by atoms with E-state index in [0.717, 1.165) is 49.6 Å². The van der Waals surface area contributed by atoms with E-state index in [-0.39, 0.29) is 0 Å². The Balaban J connectivity index is 1.86. The Morgan fingerprint density at radius 3 is 2.95 bits per heavy atom. The first-order chi connectivity index (χ1) is 10.3. The van der Waals surface area contributed by atoms with Crippen LogP contribution in [-0.2, 0) is 13.0 Å². The fourth-order valence-corrected chi connectivity index (χ4v) is 3.12. The van der Waals surface area contributed by atoms with E-state index in [4.69, 9.17) is 9.97 Å². The quantitative estimate of drug-likeness (QED) is 0.854. The first-order valence-electron chi connectivity index (χ1n) is 7.91. The van der Waals surface area contributed by atoms with Crippen LogP contribution in [0.5, 0.6) is 0 Å². The third-order valence-electron chi connectivity index (χ3n) is 4.10. The summed E-state index contributed by atoms with van der Waals surface area (Å²) < 4.78 is 0. The minimum absolute atomic E-state index is 0.367. The number of aryl methyl sites for hydroxylation is 2. The van der Waals surface area contributed by atoms with Crippen molar-refractivity contribution < 1.29 is 0 Å². The predicted octanol–water partition coefficient (Wildman–Crippen LogP) is 3.36. The third-order valence-corrected chi connectivity index (χ3v) is 4.10. The molecule has 1 N–H and O–H groups in total. The molecule has 0 radical (unpaired) electrons. The Morgan fingerprint density at radius 2 is 2.10 bits per heavy atom. The summed E-state index contributed by atoms with van der Waals surface area (Å²) in [5.74, 6) is 1.36. The lowest BCUT2D eigenvalue weighted by atomic mass is 10.0. The smallest absolute Gasteiger partial charge is 0.136 e. The number of benzene rings is 1. The second kappa shape index (κ2) is 6.35. The van der Waals surface area contributed by atoms with E-state index < -0.39 is 0 Å². The zero-order chi connectivity index (χ0) is 14.7. The molecule has 1 aliphatic carbocycles. The van der Waals surface area contributed by atoms with Gasteiger partial charge in [0.2, 0.25) is 0 Å². The molecule has 3 nitrogen and oxygen atoms in total. The van der Waals surface area contributed by atoms with E-state index in [1.165, 1.54) is 11.1 Å². The fraction of sp³-hybridized carbons (Fsp3) is 0.444. The molecule has 0 saturated heterocycles. The molecule has 1 aliphatic rings. The molecule has 0 fully saturated rings. The number of aromatic nitrogens is 2. The van der Waals surface area contributed by atoms with Crippen molar-refractivity contribution >= 4 is 0 Å². The second-order valence-corrected chi connectivity index (χ2v) is 5.83. The average molecular weight is 281 g/mol. The van der Waals surface area contributed by atoms with Crippen LogP contribution in [0.2, 0.25) is 0 Å². The highest BCUT2D eigenvalue weighted by Crippen LogP contribution is 2.36. The molecule has 1 unspecified atom stereocenters. The van der Waals surface area contributed by atoms with Gasteiger partial charge in [-0.15, -0.1) is 0 Å². The van der Waals surface area contributed by atoms with Crippen LogP contribution < -0.4 is 5.32 Å². The van der Waals surface area contributed by atoms with E-state index >= 15 is 0 Å². The lowest BCUT2D eigenvalue weighted by Gasteiger charge is -2.13. The number of hydrogen-bond donors (Lipinski definition) is 1. The molecule has 1 aromatic carbocycles. The molecule has 110 valence electrons. The lowest BCUT2D eigenvalue weighted by molar-refractivity contribution is 0.647. The molecule has 0 spiro atoms. The molecule has 0 saturated carbocycles. The SMILES string of the molecule is CCCNCc1cc(C)nc(C2CCc3ccccc32)n1. The normalized spacial score (nSPS) is 17.0. The first kappa shape index (κ1) is 14.2. The second-order valence-electron chi connectivity index (χ2n) is 5.83. The van der Waals surface area contributed by atoms with Crippen molar-refractivity contribution in [3.8, 4) is 0 Å². The molecule has 1 aromatic heterocycles. The molecule has 2 aromatic rings. The summed E-state index contributed by atoms with van der Waals surface area (Å²) in [7, 11) is 0. The van der Waals surface area contributed by atoms with Gasteiger partial charge in [0, 0.05) is 18.2 Å². The van der Waals surface area contributed by atoms with Crippen LogP contribution in [0.25, 0.3) is 0 Å². The van der Waals surface area contributed by atoms with E-state index in [9.17, 15) is 0 Å². The summed E-state index contributed by atoms with van der Waals surface area (Å²) in [6, 6.07) is 10.8. The van der Waals surface area contributed by atoms with Crippen molar-refractivity contribution in [2.75, 3.05) is 6.54 Å². The van der Waals surface area contributed by atoms with Crippen LogP contribution >= 0.6 is 0 Å². The highest BCUT2D eigenvalue weighted by atomic mass is 14.9. The summed E-state index contributed by atoms with van der Waals surface area (Å²) in [5.41, 5.74) is 5.04. The molecular weight excluding hydrogens is 258 g/mol. The van der Waals surface area contributed by atoms with Gasteiger partial charge in [0.05, 0.1) is 5.69 Å². The third kappa shape index (κ3) is 3.13. The van der Waals surface area contributed by atoms with Gasteiger partial charge < -0.3 is 5.32 Å². The Kier molecular flexibility index (Phi) is 4.30. The van der Waals surface area contributed by atoms with Gasteiger partial charge in [-0.1, -0.05) is 31.2 Å². The molecule has 3 rings (SSSR count). The van der Waals surface area contributed by atoms with E-state index in [0.29, 0.717) is 5.92 Å². The van der Waals surface area contributed by atoms with Gasteiger partial charge in [-0.25, -0.2) is 9.97 Å².